The Morgan fingerprint density at radius 1 is 1.32 bits per heavy atom. The molecule has 120 valence electrons. The zero-order valence-corrected chi connectivity index (χ0v) is 14.0. The first kappa shape index (κ1) is 15.7. The number of carbonyl (C=O) groups excluding carboxylic acids is 1. The minimum atomic E-state index is -3.41. The summed E-state index contributed by atoms with van der Waals surface area (Å²) in [5, 5.41) is 1.75. The second-order valence-electron chi connectivity index (χ2n) is 5.81. The van der Waals surface area contributed by atoms with Crippen LogP contribution in [0.1, 0.15) is 32.1 Å². The number of nitrogens with one attached hydrogen (secondary N) is 1. The smallest absolute Gasteiger partial charge is 0.250 e. The van der Waals surface area contributed by atoms with Crippen molar-refractivity contribution in [1.82, 2.24) is 9.62 Å². The van der Waals surface area contributed by atoms with E-state index < -0.39 is 10.0 Å². The summed E-state index contributed by atoms with van der Waals surface area (Å²) in [7, 11) is -3.41. The highest BCUT2D eigenvalue weighted by atomic mass is 32.2. The van der Waals surface area contributed by atoms with Crippen LogP contribution in [-0.2, 0) is 14.8 Å². The van der Waals surface area contributed by atoms with Crippen LogP contribution in [0.3, 0.4) is 0 Å². The number of piperidine rings is 1. The highest BCUT2D eigenvalue weighted by Crippen LogP contribution is 2.25. The van der Waals surface area contributed by atoms with Gasteiger partial charge >= 0.3 is 0 Å². The summed E-state index contributed by atoms with van der Waals surface area (Å²) in [6, 6.07) is 3.25. The van der Waals surface area contributed by atoms with Gasteiger partial charge in [-0.25, -0.2) is 13.1 Å². The summed E-state index contributed by atoms with van der Waals surface area (Å²) in [6.45, 7) is 1.22. The molecule has 5 nitrogen and oxygen atoms in total. The number of hydrogen-bond donors (Lipinski definition) is 1. The molecule has 7 heteroatoms. The van der Waals surface area contributed by atoms with Gasteiger partial charge in [0.15, 0.2) is 0 Å². The van der Waals surface area contributed by atoms with Crippen LogP contribution in [0.15, 0.2) is 33.4 Å². The van der Waals surface area contributed by atoms with Crippen LogP contribution in [-0.4, -0.2) is 38.4 Å². The SMILES string of the molecule is O=C(C=C1CCC1)N1CCC(NS(=O)(=O)c2cccs2)CC1. The van der Waals surface area contributed by atoms with Gasteiger partial charge in [-0.05, 0) is 43.6 Å². The Kier molecular flexibility index (Phi) is 4.65. The highest BCUT2D eigenvalue weighted by molar-refractivity contribution is 7.91. The van der Waals surface area contributed by atoms with E-state index in [4.69, 9.17) is 0 Å². The second-order valence-corrected chi connectivity index (χ2v) is 8.70. The monoisotopic (exact) mass is 340 g/mol. The normalized spacial score (nSPS) is 19.8. The average Bonchev–Trinajstić information content (AvgIpc) is 2.98. The molecule has 0 bridgehead atoms. The molecule has 1 aromatic rings. The fraction of sp³-hybridized carbons (Fsp3) is 0.533. The van der Waals surface area contributed by atoms with E-state index in [1.165, 1.54) is 23.3 Å². The lowest BCUT2D eigenvalue weighted by atomic mass is 9.92. The molecule has 1 saturated heterocycles. The molecule has 1 aromatic heterocycles. The van der Waals surface area contributed by atoms with Gasteiger partial charge in [-0.15, -0.1) is 11.3 Å². The van der Waals surface area contributed by atoms with Gasteiger partial charge in [0.25, 0.3) is 0 Å². The number of allylic oxidation sites excluding steroid dienone is 1. The third kappa shape index (κ3) is 3.59. The molecular weight excluding hydrogens is 320 g/mol. The number of carbonyl (C=O) groups is 1. The van der Waals surface area contributed by atoms with Crippen LogP contribution < -0.4 is 4.72 Å². The first-order valence-corrected chi connectivity index (χ1v) is 9.95. The van der Waals surface area contributed by atoms with Gasteiger partial charge in [-0.2, -0.15) is 0 Å². The number of rotatable bonds is 4. The van der Waals surface area contributed by atoms with Crippen molar-refractivity contribution in [1.29, 1.82) is 0 Å². The minimum absolute atomic E-state index is 0.0780. The van der Waals surface area contributed by atoms with E-state index in [1.54, 1.807) is 23.6 Å². The van der Waals surface area contributed by atoms with Gasteiger partial charge in [0.2, 0.25) is 15.9 Å². The molecule has 22 heavy (non-hydrogen) atoms. The Morgan fingerprint density at radius 2 is 2.05 bits per heavy atom. The Labute approximate surface area is 135 Å². The van der Waals surface area contributed by atoms with Crippen LogP contribution in [0.2, 0.25) is 0 Å². The first-order valence-electron chi connectivity index (χ1n) is 7.59. The van der Waals surface area contributed by atoms with E-state index in [2.05, 4.69) is 4.72 Å². The molecule has 1 N–H and O–H groups in total. The van der Waals surface area contributed by atoms with Gasteiger partial charge < -0.3 is 4.90 Å². The molecule has 3 rings (SSSR count). The Bertz CT molecular complexity index is 651. The van der Waals surface area contributed by atoms with Crippen molar-refractivity contribution in [3.8, 4) is 0 Å². The summed E-state index contributed by atoms with van der Waals surface area (Å²) < 4.78 is 27.5. The number of amides is 1. The van der Waals surface area contributed by atoms with Crippen LogP contribution in [0, 0.1) is 0 Å². The van der Waals surface area contributed by atoms with E-state index in [1.807, 2.05) is 4.90 Å². The van der Waals surface area contributed by atoms with E-state index in [9.17, 15) is 13.2 Å². The van der Waals surface area contributed by atoms with Crippen LogP contribution in [0.4, 0.5) is 0 Å². The lowest BCUT2D eigenvalue weighted by Crippen LogP contribution is -2.46. The van der Waals surface area contributed by atoms with E-state index >= 15 is 0 Å². The van der Waals surface area contributed by atoms with Gasteiger partial charge in [-0.1, -0.05) is 11.6 Å². The fourth-order valence-corrected chi connectivity index (χ4v) is 5.02. The highest BCUT2D eigenvalue weighted by Gasteiger charge is 2.26. The maximum Gasteiger partial charge on any atom is 0.250 e. The molecule has 0 unspecified atom stereocenters. The van der Waals surface area contributed by atoms with Gasteiger partial charge in [0.1, 0.15) is 4.21 Å². The standard InChI is InChI=1S/C15H20N2O3S2/c18-14(11-12-3-1-4-12)17-8-6-13(7-9-17)16-22(19,20)15-5-2-10-21-15/h2,5,10-11,13,16H,1,3-4,6-9H2. The largest absolute Gasteiger partial charge is 0.339 e. The topological polar surface area (TPSA) is 66.5 Å². The number of sulfonamides is 1. The Balaban J connectivity index is 1.52. The molecule has 0 aromatic carbocycles. The molecule has 1 aliphatic heterocycles. The van der Waals surface area contributed by atoms with Crippen LogP contribution in [0.5, 0.6) is 0 Å². The predicted molar refractivity (Wildman–Crippen MR) is 86.2 cm³/mol. The van der Waals surface area contributed by atoms with Crippen molar-refractivity contribution in [3.63, 3.8) is 0 Å². The molecule has 1 saturated carbocycles. The zero-order chi connectivity index (χ0) is 15.6. The summed E-state index contributed by atoms with van der Waals surface area (Å²) >= 11 is 1.22. The van der Waals surface area contributed by atoms with Crippen LogP contribution in [0.25, 0.3) is 0 Å². The third-order valence-corrected chi connectivity index (χ3v) is 7.13. The summed E-state index contributed by atoms with van der Waals surface area (Å²) in [5.74, 6) is 0.0780. The number of likely N-dealkylation sites (tertiary alicyclic amines) is 1. The van der Waals surface area contributed by atoms with Gasteiger partial charge in [0.05, 0.1) is 0 Å². The first-order chi connectivity index (χ1) is 10.5. The van der Waals surface area contributed by atoms with E-state index in [-0.39, 0.29) is 11.9 Å². The summed E-state index contributed by atoms with van der Waals surface area (Å²) in [5.41, 5.74) is 1.24. The van der Waals surface area contributed by atoms with E-state index in [0.29, 0.717) is 30.1 Å². The quantitative estimate of drug-likeness (QED) is 0.854. The third-order valence-electron chi connectivity index (χ3n) is 4.21. The maximum absolute atomic E-state index is 12.2. The molecule has 1 amide bonds. The number of thiophene rings is 1. The molecule has 0 spiro atoms. The second kappa shape index (κ2) is 6.52. The van der Waals surface area contributed by atoms with Crippen molar-refractivity contribution >= 4 is 27.3 Å². The molecule has 2 aliphatic rings. The van der Waals surface area contributed by atoms with Gasteiger partial charge in [0, 0.05) is 25.2 Å². The van der Waals surface area contributed by atoms with Crippen LogP contribution >= 0.6 is 11.3 Å². The Hall–Kier alpha value is -1.18. The van der Waals surface area contributed by atoms with Crippen molar-refractivity contribution in [2.75, 3.05) is 13.1 Å². The number of hydrogen-bond acceptors (Lipinski definition) is 4. The van der Waals surface area contributed by atoms with Crippen molar-refractivity contribution in [2.24, 2.45) is 0 Å². The summed E-state index contributed by atoms with van der Waals surface area (Å²) in [6.07, 6.45) is 6.37. The number of nitrogens with zero attached hydrogens (tertiary/aromatic N) is 1. The van der Waals surface area contributed by atoms with Crippen molar-refractivity contribution < 1.29 is 13.2 Å². The molecule has 2 fully saturated rings. The average molecular weight is 340 g/mol. The minimum Gasteiger partial charge on any atom is -0.339 e. The predicted octanol–water partition coefficient (Wildman–Crippen LogP) is 2.13. The lowest BCUT2D eigenvalue weighted by Gasteiger charge is -2.32. The molecule has 0 atom stereocenters. The van der Waals surface area contributed by atoms with E-state index in [0.717, 1.165) is 12.8 Å². The molecular formula is C15H20N2O3S2. The van der Waals surface area contributed by atoms with Gasteiger partial charge in [-0.3, -0.25) is 4.79 Å². The molecule has 0 radical (unpaired) electrons. The Morgan fingerprint density at radius 3 is 2.59 bits per heavy atom. The molecule has 1 aliphatic carbocycles. The van der Waals surface area contributed by atoms with Crippen molar-refractivity contribution in [3.05, 3.63) is 29.2 Å². The maximum atomic E-state index is 12.2. The summed E-state index contributed by atoms with van der Waals surface area (Å²) in [4.78, 5) is 13.9. The lowest BCUT2D eigenvalue weighted by molar-refractivity contribution is -0.127. The fourth-order valence-electron chi connectivity index (χ4n) is 2.70. The van der Waals surface area contributed by atoms with Crippen molar-refractivity contribution in [2.45, 2.75) is 42.4 Å². The zero-order valence-electron chi connectivity index (χ0n) is 12.3. The molecule has 2 heterocycles.